The van der Waals surface area contributed by atoms with Gasteiger partial charge in [-0.2, -0.15) is 0 Å². The van der Waals surface area contributed by atoms with E-state index in [1.54, 1.807) is 0 Å². The molecule has 0 spiro atoms. The van der Waals surface area contributed by atoms with Crippen LogP contribution >= 0.6 is 0 Å². The first-order chi connectivity index (χ1) is 5.74. The Hall–Kier alpha value is -1.67. The molecule has 0 aromatic carbocycles. The SMILES string of the molecule is NCC#CC1=C(N)NC(=O)NC1. The average Bonchev–Trinajstić information content (AvgIpc) is 2.03. The quantitative estimate of drug-likeness (QED) is 0.327. The summed E-state index contributed by atoms with van der Waals surface area (Å²) in [7, 11) is 0. The second-order valence-corrected chi connectivity index (χ2v) is 2.21. The van der Waals surface area contributed by atoms with E-state index in [9.17, 15) is 4.79 Å². The largest absolute Gasteiger partial charge is 0.384 e. The second kappa shape index (κ2) is 3.64. The Labute approximate surface area is 70.2 Å². The number of amides is 2. The maximum Gasteiger partial charge on any atom is 0.320 e. The third kappa shape index (κ3) is 1.90. The summed E-state index contributed by atoms with van der Waals surface area (Å²) in [6.07, 6.45) is 0. The maximum absolute atomic E-state index is 10.7. The van der Waals surface area contributed by atoms with E-state index in [0.717, 1.165) is 0 Å². The molecule has 5 nitrogen and oxygen atoms in total. The minimum absolute atomic E-state index is 0.282. The molecular formula is C7H10N4O. The lowest BCUT2D eigenvalue weighted by atomic mass is 10.2. The molecular weight excluding hydrogens is 156 g/mol. The normalized spacial score (nSPS) is 15.9. The lowest BCUT2D eigenvalue weighted by Crippen LogP contribution is -2.44. The number of rotatable bonds is 0. The number of carbonyl (C=O) groups excluding carboxylic acids is 1. The van der Waals surface area contributed by atoms with Crippen LogP contribution in [0.25, 0.3) is 0 Å². The predicted octanol–water partition coefficient (Wildman–Crippen LogP) is -1.57. The van der Waals surface area contributed by atoms with Crippen molar-refractivity contribution in [2.45, 2.75) is 0 Å². The zero-order valence-corrected chi connectivity index (χ0v) is 6.48. The van der Waals surface area contributed by atoms with Crippen LogP contribution in [0.5, 0.6) is 0 Å². The van der Waals surface area contributed by atoms with Crippen molar-refractivity contribution in [3.05, 3.63) is 11.4 Å². The van der Waals surface area contributed by atoms with Gasteiger partial charge in [0.2, 0.25) is 0 Å². The molecule has 0 radical (unpaired) electrons. The summed E-state index contributed by atoms with van der Waals surface area (Å²) in [5.41, 5.74) is 11.3. The molecule has 64 valence electrons. The van der Waals surface area contributed by atoms with Crippen LogP contribution in [-0.4, -0.2) is 19.1 Å². The summed E-state index contributed by atoms with van der Waals surface area (Å²) in [5.74, 6) is 5.71. The van der Waals surface area contributed by atoms with Gasteiger partial charge in [0, 0.05) is 0 Å². The minimum Gasteiger partial charge on any atom is -0.384 e. The standard InChI is InChI=1S/C7H10N4O/c8-3-1-2-5-4-10-7(12)11-6(5)9/h3-4,8-9H2,(H2,10,11,12). The maximum atomic E-state index is 10.7. The van der Waals surface area contributed by atoms with Gasteiger partial charge in [-0.1, -0.05) is 11.8 Å². The first-order valence-electron chi connectivity index (χ1n) is 3.46. The van der Waals surface area contributed by atoms with Crippen molar-refractivity contribution < 1.29 is 4.79 Å². The molecule has 1 heterocycles. The first-order valence-corrected chi connectivity index (χ1v) is 3.46. The van der Waals surface area contributed by atoms with E-state index in [-0.39, 0.29) is 12.6 Å². The molecule has 0 aromatic heterocycles. The number of carbonyl (C=O) groups is 1. The highest BCUT2D eigenvalue weighted by Gasteiger charge is 2.11. The summed E-state index contributed by atoms with van der Waals surface area (Å²) >= 11 is 0. The molecule has 6 N–H and O–H groups in total. The molecule has 0 saturated carbocycles. The molecule has 0 bridgehead atoms. The van der Waals surface area contributed by atoms with Gasteiger partial charge in [0.15, 0.2) is 0 Å². The molecule has 0 saturated heterocycles. The molecule has 5 heteroatoms. The van der Waals surface area contributed by atoms with Crippen molar-refractivity contribution in [3.8, 4) is 11.8 Å². The molecule has 0 atom stereocenters. The van der Waals surface area contributed by atoms with E-state index < -0.39 is 0 Å². The lowest BCUT2D eigenvalue weighted by Gasteiger charge is -2.15. The highest BCUT2D eigenvalue weighted by molar-refractivity contribution is 5.78. The van der Waals surface area contributed by atoms with Crippen LogP contribution in [0.2, 0.25) is 0 Å². The zero-order chi connectivity index (χ0) is 8.97. The average molecular weight is 166 g/mol. The van der Waals surface area contributed by atoms with Crippen LogP contribution in [0, 0.1) is 11.8 Å². The summed E-state index contributed by atoms with van der Waals surface area (Å²) in [6, 6.07) is -0.300. The smallest absolute Gasteiger partial charge is 0.320 e. The summed E-state index contributed by atoms with van der Waals surface area (Å²) in [5, 5.41) is 4.94. The van der Waals surface area contributed by atoms with Crippen molar-refractivity contribution in [3.63, 3.8) is 0 Å². The van der Waals surface area contributed by atoms with Crippen LogP contribution < -0.4 is 22.1 Å². The topological polar surface area (TPSA) is 93.2 Å². The Morgan fingerprint density at radius 1 is 1.58 bits per heavy atom. The molecule has 0 aromatic rings. The highest BCUT2D eigenvalue weighted by Crippen LogP contribution is 1.97. The van der Waals surface area contributed by atoms with E-state index in [1.807, 2.05) is 0 Å². The number of hydrogen-bond acceptors (Lipinski definition) is 3. The van der Waals surface area contributed by atoms with E-state index in [2.05, 4.69) is 22.5 Å². The van der Waals surface area contributed by atoms with E-state index in [0.29, 0.717) is 17.9 Å². The van der Waals surface area contributed by atoms with Gasteiger partial charge < -0.3 is 16.8 Å². The van der Waals surface area contributed by atoms with Crippen molar-refractivity contribution in [2.24, 2.45) is 11.5 Å². The fourth-order valence-electron chi connectivity index (χ4n) is 0.775. The molecule has 0 aliphatic carbocycles. The highest BCUT2D eigenvalue weighted by atomic mass is 16.2. The predicted molar refractivity (Wildman–Crippen MR) is 44.6 cm³/mol. The molecule has 0 fully saturated rings. The zero-order valence-electron chi connectivity index (χ0n) is 6.48. The number of nitrogens with two attached hydrogens (primary N) is 2. The minimum atomic E-state index is -0.300. The molecule has 0 unspecified atom stereocenters. The second-order valence-electron chi connectivity index (χ2n) is 2.21. The Balaban J connectivity index is 2.75. The van der Waals surface area contributed by atoms with Gasteiger partial charge in [0.05, 0.1) is 18.7 Å². The van der Waals surface area contributed by atoms with E-state index >= 15 is 0 Å². The van der Waals surface area contributed by atoms with Gasteiger partial charge >= 0.3 is 6.03 Å². The summed E-state index contributed by atoms with van der Waals surface area (Å²) in [4.78, 5) is 10.7. The Morgan fingerprint density at radius 2 is 2.33 bits per heavy atom. The first kappa shape index (κ1) is 8.43. The van der Waals surface area contributed by atoms with Crippen molar-refractivity contribution in [1.29, 1.82) is 0 Å². The van der Waals surface area contributed by atoms with Crippen molar-refractivity contribution in [1.82, 2.24) is 10.6 Å². The fourth-order valence-corrected chi connectivity index (χ4v) is 0.775. The number of urea groups is 1. The Kier molecular flexibility index (Phi) is 2.56. The van der Waals surface area contributed by atoms with E-state index in [1.165, 1.54) is 0 Å². The molecule has 1 aliphatic rings. The van der Waals surface area contributed by atoms with Crippen LogP contribution in [0.1, 0.15) is 0 Å². The van der Waals surface area contributed by atoms with Gasteiger partial charge in [-0.3, -0.25) is 5.32 Å². The van der Waals surface area contributed by atoms with Crippen molar-refractivity contribution in [2.75, 3.05) is 13.1 Å². The van der Waals surface area contributed by atoms with Gasteiger partial charge in [-0.15, -0.1) is 0 Å². The lowest BCUT2D eigenvalue weighted by molar-refractivity contribution is 0.242. The fraction of sp³-hybridized carbons (Fsp3) is 0.286. The Morgan fingerprint density at radius 3 is 2.92 bits per heavy atom. The third-order valence-corrected chi connectivity index (χ3v) is 1.34. The van der Waals surface area contributed by atoms with Crippen molar-refractivity contribution >= 4 is 6.03 Å². The molecule has 12 heavy (non-hydrogen) atoms. The van der Waals surface area contributed by atoms with Crippen LogP contribution in [0.4, 0.5) is 4.79 Å². The number of hydrogen-bond donors (Lipinski definition) is 4. The van der Waals surface area contributed by atoms with Gasteiger partial charge in [-0.05, 0) is 0 Å². The van der Waals surface area contributed by atoms with Gasteiger partial charge in [-0.25, -0.2) is 4.79 Å². The summed E-state index contributed by atoms with van der Waals surface area (Å²) < 4.78 is 0. The monoisotopic (exact) mass is 166 g/mol. The summed E-state index contributed by atoms with van der Waals surface area (Å²) in [6.45, 7) is 0.648. The molecule has 1 rings (SSSR count). The van der Waals surface area contributed by atoms with Crippen LogP contribution in [0.3, 0.4) is 0 Å². The third-order valence-electron chi connectivity index (χ3n) is 1.34. The van der Waals surface area contributed by atoms with Crippen LogP contribution in [-0.2, 0) is 0 Å². The Bertz CT molecular complexity index is 284. The van der Waals surface area contributed by atoms with Gasteiger partial charge in [0.25, 0.3) is 0 Å². The van der Waals surface area contributed by atoms with Gasteiger partial charge in [0.1, 0.15) is 5.82 Å². The molecule has 1 aliphatic heterocycles. The number of nitrogens with one attached hydrogen (secondary N) is 2. The van der Waals surface area contributed by atoms with Crippen LogP contribution in [0.15, 0.2) is 11.4 Å². The van der Waals surface area contributed by atoms with E-state index in [4.69, 9.17) is 11.5 Å². The molecule has 2 amide bonds.